The third-order valence-corrected chi connectivity index (χ3v) is 7.81. The van der Waals surface area contributed by atoms with Crippen LogP contribution in [0.15, 0.2) is 84.3 Å². The van der Waals surface area contributed by atoms with Crippen molar-refractivity contribution in [3.63, 3.8) is 0 Å². The van der Waals surface area contributed by atoms with Crippen molar-refractivity contribution in [2.45, 2.75) is 18.0 Å². The molecule has 2 N–H and O–H groups in total. The number of sulfonamides is 1. The van der Waals surface area contributed by atoms with Crippen molar-refractivity contribution in [1.29, 1.82) is 0 Å². The monoisotopic (exact) mass is 636 g/mol. The zero-order valence-corrected chi connectivity index (χ0v) is 21.9. The van der Waals surface area contributed by atoms with Gasteiger partial charge in [-0.15, -0.1) is 0 Å². The number of hydrogen-bond donors (Lipinski definition) is 2. The van der Waals surface area contributed by atoms with Gasteiger partial charge < -0.3 is 10.4 Å². The lowest BCUT2D eigenvalue weighted by atomic mass is 10.1. The van der Waals surface area contributed by atoms with Gasteiger partial charge in [0.15, 0.2) is 11.6 Å². The first-order valence-corrected chi connectivity index (χ1v) is 13.2. The van der Waals surface area contributed by atoms with Crippen LogP contribution in [-0.2, 0) is 23.1 Å². The van der Waals surface area contributed by atoms with Gasteiger partial charge in [0.05, 0.1) is 11.3 Å². The number of pyridine rings is 2. The summed E-state index contributed by atoms with van der Waals surface area (Å²) in [6.07, 6.45) is 5.91. The second-order valence-corrected chi connectivity index (χ2v) is 11.0. The number of carbonyl (C=O) groups is 1. The Kier molecular flexibility index (Phi) is 8.10. The van der Waals surface area contributed by atoms with Gasteiger partial charge >= 0.3 is 5.97 Å². The molecule has 12 heteroatoms. The normalized spacial score (nSPS) is 11.5. The highest BCUT2D eigenvalue weighted by molar-refractivity contribution is 14.1. The number of benzene rings is 2. The van der Waals surface area contributed by atoms with Gasteiger partial charge in [-0.1, -0.05) is 12.1 Å². The van der Waals surface area contributed by atoms with Gasteiger partial charge in [0.1, 0.15) is 4.90 Å². The molecular formula is C25H19F2IN4O4S. The lowest BCUT2D eigenvalue weighted by Gasteiger charge is -2.23. The van der Waals surface area contributed by atoms with E-state index < -0.39 is 43.8 Å². The van der Waals surface area contributed by atoms with Gasteiger partial charge in [0.2, 0.25) is 10.0 Å². The van der Waals surface area contributed by atoms with Crippen LogP contribution in [-0.4, -0.2) is 33.8 Å². The molecule has 190 valence electrons. The Bertz CT molecular complexity index is 1480. The minimum atomic E-state index is -4.73. The van der Waals surface area contributed by atoms with Gasteiger partial charge in [-0.05, 0) is 76.2 Å². The molecular weight excluding hydrogens is 617 g/mol. The molecule has 0 aliphatic carbocycles. The van der Waals surface area contributed by atoms with Gasteiger partial charge in [-0.25, -0.2) is 22.0 Å². The van der Waals surface area contributed by atoms with Crippen LogP contribution in [0.1, 0.15) is 21.5 Å². The fourth-order valence-electron chi connectivity index (χ4n) is 3.51. The number of nitrogens with zero attached hydrogens (tertiary/aromatic N) is 3. The molecule has 4 rings (SSSR count). The maximum absolute atomic E-state index is 15.4. The molecule has 0 aliphatic heterocycles. The summed E-state index contributed by atoms with van der Waals surface area (Å²) in [5.74, 6) is -4.95. The number of anilines is 2. The number of aromatic nitrogens is 2. The Morgan fingerprint density at radius 3 is 2.00 bits per heavy atom. The zero-order valence-electron chi connectivity index (χ0n) is 19.0. The number of aromatic carboxylic acids is 1. The fourth-order valence-corrected chi connectivity index (χ4v) is 5.37. The number of carboxylic acid groups (broad SMARTS) is 1. The zero-order chi connectivity index (χ0) is 26.6. The maximum atomic E-state index is 15.4. The maximum Gasteiger partial charge on any atom is 0.337 e. The van der Waals surface area contributed by atoms with Gasteiger partial charge in [0.25, 0.3) is 0 Å². The van der Waals surface area contributed by atoms with E-state index in [9.17, 15) is 18.3 Å². The molecule has 0 saturated heterocycles. The second kappa shape index (κ2) is 11.3. The van der Waals surface area contributed by atoms with E-state index in [-0.39, 0.29) is 13.1 Å². The molecule has 0 unspecified atom stereocenters. The molecule has 0 amide bonds. The second-order valence-electron chi connectivity index (χ2n) is 7.86. The number of rotatable bonds is 9. The summed E-state index contributed by atoms with van der Waals surface area (Å²) in [7, 11) is -4.73. The van der Waals surface area contributed by atoms with Crippen molar-refractivity contribution in [1.82, 2.24) is 14.3 Å². The van der Waals surface area contributed by atoms with E-state index >= 15 is 8.78 Å². The molecule has 37 heavy (non-hydrogen) atoms. The van der Waals surface area contributed by atoms with Crippen LogP contribution in [0.25, 0.3) is 0 Å². The quantitative estimate of drug-likeness (QED) is 0.243. The Labute approximate surface area is 225 Å². The van der Waals surface area contributed by atoms with Crippen LogP contribution in [0.5, 0.6) is 0 Å². The number of nitrogens with one attached hydrogen (secondary N) is 1. The van der Waals surface area contributed by atoms with E-state index in [0.29, 0.717) is 22.9 Å². The van der Waals surface area contributed by atoms with Crippen LogP contribution in [0.3, 0.4) is 0 Å². The molecule has 2 aromatic heterocycles. The molecule has 0 atom stereocenters. The van der Waals surface area contributed by atoms with Crippen LogP contribution >= 0.6 is 22.6 Å². The van der Waals surface area contributed by atoms with Crippen LogP contribution < -0.4 is 5.32 Å². The van der Waals surface area contributed by atoms with Crippen molar-refractivity contribution in [2.24, 2.45) is 0 Å². The van der Waals surface area contributed by atoms with E-state index in [1.54, 1.807) is 48.5 Å². The SMILES string of the molecule is O=C(O)c1cc(S(=O)(=O)N(Cc2cccnc2)Cc2cccnc2)c(F)c(F)c1Nc1ccc(I)cc1. The average molecular weight is 636 g/mol. The Morgan fingerprint density at radius 2 is 1.51 bits per heavy atom. The highest BCUT2D eigenvalue weighted by Crippen LogP contribution is 2.33. The highest BCUT2D eigenvalue weighted by atomic mass is 127. The largest absolute Gasteiger partial charge is 0.478 e. The van der Waals surface area contributed by atoms with Crippen LogP contribution in [0, 0.1) is 15.2 Å². The topological polar surface area (TPSA) is 112 Å². The predicted molar refractivity (Wildman–Crippen MR) is 141 cm³/mol. The van der Waals surface area contributed by atoms with E-state index in [2.05, 4.69) is 37.9 Å². The summed E-state index contributed by atoms with van der Waals surface area (Å²) in [6, 6.07) is 13.6. The summed E-state index contributed by atoms with van der Waals surface area (Å²) in [5.41, 5.74) is -0.140. The lowest BCUT2D eigenvalue weighted by molar-refractivity contribution is 0.0697. The Balaban J connectivity index is 1.81. The van der Waals surface area contributed by atoms with E-state index in [0.717, 1.165) is 7.88 Å². The van der Waals surface area contributed by atoms with Crippen molar-refractivity contribution >= 4 is 50.0 Å². The molecule has 0 saturated carbocycles. The first-order chi connectivity index (χ1) is 17.7. The number of hydrogen-bond acceptors (Lipinski definition) is 6. The smallest absolute Gasteiger partial charge is 0.337 e. The van der Waals surface area contributed by atoms with Gasteiger partial charge in [-0.2, -0.15) is 4.31 Å². The van der Waals surface area contributed by atoms with Crippen molar-refractivity contribution in [3.8, 4) is 0 Å². The summed E-state index contributed by atoms with van der Waals surface area (Å²) in [5, 5.41) is 12.3. The number of carboxylic acids is 1. The first-order valence-electron chi connectivity index (χ1n) is 10.7. The highest BCUT2D eigenvalue weighted by Gasteiger charge is 2.33. The standard InChI is InChI=1S/C25H19F2IN4O4S/c26-22-21(11-20(25(33)34)24(23(22)27)31-19-7-5-18(28)6-8-19)37(35,36)32(14-16-3-1-9-29-12-16)15-17-4-2-10-30-13-17/h1-13,31H,14-15H2,(H,33,34). The molecule has 4 aromatic rings. The molecule has 0 aliphatic rings. The first kappa shape index (κ1) is 26.6. The molecule has 2 heterocycles. The van der Waals surface area contributed by atoms with Crippen molar-refractivity contribution in [2.75, 3.05) is 5.32 Å². The summed E-state index contributed by atoms with van der Waals surface area (Å²) >= 11 is 2.06. The predicted octanol–water partition coefficient (Wildman–Crippen LogP) is 5.19. The fraction of sp³-hybridized carbons (Fsp3) is 0.0800. The third kappa shape index (κ3) is 6.09. The summed E-state index contributed by atoms with van der Waals surface area (Å²) in [6.45, 7) is -0.450. The molecule has 0 fully saturated rings. The Morgan fingerprint density at radius 1 is 0.946 bits per heavy atom. The average Bonchev–Trinajstić information content (AvgIpc) is 2.88. The lowest BCUT2D eigenvalue weighted by Crippen LogP contribution is -2.31. The third-order valence-electron chi connectivity index (χ3n) is 5.30. The molecule has 8 nitrogen and oxygen atoms in total. The molecule has 2 aromatic carbocycles. The summed E-state index contributed by atoms with van der Waals surface area (Å²) < 4.78 is 59.8. The number of halogens is 3. The minimum Gasteiger partial charge on any atom is -0.478 e. The van der Waals surface area contributed by atoms with Gasteiger partial charge in [-0.3, -0.25) is 9.97 Å². The molecule has 0 spiro atoms. The minimum absolute atomic E-state index is 0.225. The summed E-state index contributed by atoms with van der Waals surface area (Å²) in [4.78, 5) is 18.9. The van der Waals surface area contributed by atoms with Crippen LogP contribution in [0.2, 0.25) is 0 Å². The van der Waals surface area contributed by atoms with Crippen LogP contribution in [0.4, 0.5) is 20.2 Å². The van der Waals surface area contributed by atoms with Crippen molar-refractivity contribution < 1.29 is 27.1 Å². The van der Waals surface area contributed by atoms with Gasteiger partial charge in [0, 0.05) is 47.1 Å². The molecule has 0 bridgehead atoms. The van der Waals surface area contributed by atoms with E-state index in [1.807, 2.05) is 0 Å². The van der Waals surface area contributed by atoms with E-state index in [1.165, 1.54) is 24.8 Å². The van der Waals surface area contributed by atoms with Crippen molar-refractivity contribution in [3.05, 3.63) is 111 Å². The Hall–Kier alpha value is -3.49. The molecule has 0 radical (unpaired) electrons. The van der Waals surface area contributed by atoms with E-state index in [4.69, 9.17) is 0 Å².